The quantitative estimate of drug-likeness (QED) is 0.324. The number of carbonyl (C=O) groups excluding carboxylic acids is 2. The molecule has 2 aliphatic rings. The van der Waals surface area contributed by atoms with E-state index in [2.05, 4.69) is 13.5 Å². The highest BCUT2D eigenvalue weighted by Crippen LogP contribution is 2.50. The number of quaternary nitrogens is 1. The molecule has 0 aromatic heterocycles. The Kier molecular flexibility index (Phi) is 2.75. The van der Waals surface area contributed by atoms with E-state index >= 15 is 0 Å². The summed E-state index contributed by atoms with van der Waals surface area (Å²) in [7, 11) is 0. The van der Waals surface area contributed by atoms with Gasteiger partial charge in [-0.25, -0.2) is 9.59 Å². The zero-order valence-corrected chi connectivity index (χ0v) is 10.8. The van der Waals surface area contributed by atoms with Crippen LogP contribution in [0.1, 0.15) is 40.0 Å². The smallest absolute Gasteiger partial charge is 0.319 e. The first-order valence-electron chi connectivity index (χ1n) is 6.19. The predicted molar refractivity (Wildman–Crippen MR) is 62.8 cm³/mol. The summed E-state index contributed by atoms with van der Waals surface area (Å²) in [6.07, 6.45) is 2.24. The Labute approximate surface area is 102 Å². The summed E-state index contributed by atoms with van der Waals surface area (Å²) in [6.45, 7) is 10.1. The molecule has 94 valence electrons. The molecule has 2 aliphatic heterocycles. The molecule has 0 saturated carbocycles. The predicted octanol–water partition coefficient (Wildman–Crippen LogP) is 1.75. The van der Waals surface area contributed by atoms with Crippen LogP contribution in [-0.4, -0.2) is 34.7 Å². The maximum Gasteiger partial charge on any atom is 0.352 e. The number of imide groups is 1. The van der Waals surface area contributed by atoms with Crippen LogP contribution in [0.3, 0.4) is 0 Å². The van der Waals surface area contributed by atoms with Gasteiger partial charge in [-0.1, -0.05) is 19.9 Å². The van der Waals surface area contributed by atoms with Gasteiger partial charge in [0.2, 0.25) is 0 Å². The largest absolute Gasteiger partial charge is 0.352 e. The van der Waals surface area contributed by atoms with E-state index in [-0.39, 0.29) is 28.8 Å². The van der Waals surface area contributed by atoms with Gasteiger partial charge < -0.3 is 4.74 Å². The molecular weight excluding hydrogens is 218 g/mol. The summed E-state index contributed by atoms with van der Waals surface area (Å²) < 4.78 is 5.75. The minimum Gasteiger partial charge on any atom is -0.319 e. The van der Waals surface area contributed by atoms with Crippen molar-refractivity contribution in [1.82, 2.24) is 0 Å². The molecule has 2 amide bonds. The standard InChI is InChI=1S/C13H20NO3/c1-5-6-10(3)17-13(4)8-14(13)11(15)7-9(2)12(14)16/h10H,2,5-8H2,1,3-4H3/q+1. The van der Waals surface area contributed by atoms with Crippen LogP contribution >= 0.6 is 0 Å². The maximum atomic E-state index is 12.0. The summed E-state index contributed by atoms with van der Waals surface area (Å²) in [6, 6.07) is 0. The second-order valence-corrected chi connectivity index (χ2v) is 5.34. The number of rotatable bonds is 4. The van der Waals surface area contributed by atoms with Crippen molar-refractivity contribution in [3.63, 3.8) is 0 Å². The molecule has 3 unspecified atom stereocenters. The lowest BCUT2D eigenvalue weighted by atomic mass is 10.2. The van der Waals surface area contributed by atoms with Crippen LogP contribution in [0.15, 0.2) is 12.2 Å². The summed E-state index contributed by atoms with van der Waals surface area (Å²) in [4.78, 5) is 24.0. The second-order valence-electron chi connectivity index (χ2n) is 5.34. The maximum absolute atomic E-state index is 12.0. The number of ether oxygens (including phenoxy) is 1. The van der Waals surface area contributed by atoms with Crippen LogP contribution in [0.2, 0.25) is 0 Å². The Balaban J connectivity index is 2.14. The van der Waals surface area contributed by atoms with Crippen LogP contribution < -0.4 is 0 Å². The Morgan fingerprint density at radius 2 is 2.18 bits per heavy atom. The molecule has 4 nitrogen and oxygen atoms in total. The van der Waals surface area contributed by atoms with Gasteiger partial charge in [0, 0.05) is 6.92 Å². The molecule has 0 aliphatic carbocycles. The summed E-state index contributed by atoms with van der Waals surface area (Å²) >= 11 is 0. The van der Waals surface area contributed by atoms with Gasteiger partial charge >= 0.3 is 11.8 Å². The van der Waals surface area contributed by atoms with Crippen molar-refractivity contribution < 1.29 is 18.8 Å². The zero-order valence-electron chi connectivity index (χ0n) is 10.8. The molecule has 4 heteroatoms. The molecule has 0 aromatic carbocycles. The highest BCUT2D eigenvalue weighted by Gasteiger charge is 2.80. The molecule has 0 N–H and O–H groups in total. The molecule has 17 heavy (non-hydrogen) atoms. The molecular formula is C13H20NO3+. The average molecular weight is 238 g/mol. The number of amides is 2. The van der Waals surface area contributed by atoms with Crippen LogP contribution in [0, 0.1) is 0 Å². The van der Waals surface area contributed by atoms with Gasteiger partial charge in [0.25, 0.3) is 5.72 Å². The second kappa shape index (κ2) is 3.75. The summed E-state index contributed by atoms with van der Waals surface area (Å²) in [5.74, 6) is -0.215. The van der Waals surface area contributed by atoms with Crippen molar-refractivity contribution >= 4 is 11.8 Å². The SMILES string of the molecule is C=C1CC(=O)[N+]2(CC2(C)OC(C)CCC)C1=O. The van der Waals surface area contributed by atoms with Crippen LogP contribution in [0.5, 0.6) is 0 Å². The Morgan fingerprint density at radius 1 is 1.53 bits per heavy atom. The van der Waals surface area contributed by atoms with Crippen LogP contribution in [0.4, 0.5) is 0 Å². The lowest BCUT2D eigenvalue weighted by Gasteiger charge is -2.19. The van der Waals surface area contributed by atoms with Gasteiger partial charge in [0.05, 0.1) is 18.1 Å². The molecule has 2 fully saturated rings. The van der Waals surface area contributed by atoms with Crippen molar-refractivity contribution in [2.45, 2.75) is 51.9 Å². The summed E-state index contributed by atoms with van der Waals surface area (Å²) in [5.41, 5.74) is -0.229. The van der Waals surface area contributed by atoms with E-state index in [0.29, 0.717) is 12.1 Å². The first kappa shape index (κ1) is 12.5. The van der Waals surface area contributed by atoms with E-state index in [0.717, 1.165) is 12.8 Å². The van der Waals surface area contributed by atoms with Gasteiger partial charge in [0.1, 0.15) is 0 Å². The minimum atomic E-state index is -0.651. The minimum absolute atomic E-state index is 0.0637. The molecule has 0 bridgehead atoms. The van der Waals surface area contributed by atoms with E-state index < -0.39 is 5.72 Å². The van der Waals surface area contributed by atoms with Crippen LogP contribution in [0.25, 0.3) is 0 Å². The third-order valence-corrected chi connectivity index (χ3v) is 3.82. The monoisotopic (exact) mass is 238 g/mol. The van der Waals surface area contributed by atoms with Crippen molar-refractivity contribution in [2.24, 2.45) is 0 Å². The fraction of sp³-hybridized carbons (Fsp3) is 0.692. The van der Waals surface area contributed by atoms with Gasteiger partial charge in [-0.3, -0.25) is 0 Å². The highest BCUT2D eigenvalue weighted by atomic mass is 16.6. The normalized spacial score (nSPS) is 37.9. The van der Waals surface area contributed by atoms with Gasteiger partial charge in [-0.2, -0.15) is 4.48 Å². The van der Waals surface area contributed by atoms with Crippen molar-refractivity contribution in [3.8, 4) is 0 Å². The van der Waals surface area contributed by atoms with Crippen molar-refractivity contribution in [3.05, 3.63) is 12.2 Å². The van der Waals surface area contributed by atoms with Crippen LogP contribution in [-0.2, 0) is 14.3 Å². The molecule has 0 radical (unpaired) electrons. The Morgan fingerprint density at radius 3 is 2.65 bits per heavy atom. The molecule has 2 rings (SSSR count). The molecule has 3 atom stereocenters. The topological polar surface area (TPSA) is 43.4 Å². The van der Waals surface area contributed by atoms with E-state index in [1.165, 1.54) is 0 Å². The molecule has 2 heterocycles. The lowest BCUT2D eigenvalue weighted by molar-refractivity contribution is -0.689. The van der Waals surface area contributed by atoms with Crippen molar-refractivity contribution in [2.75, 3.05) is 6.54 Å². The fourth-order valence-corrected chi connectivity index (χ4v) is 2.85. The molecule has 2 saturated heterocycles. The van der Waals surface area contributed by atoms with Gasteiger partial charge in [-0.15, -0.1) is 0 Å². The first-order valence-corrected chi connectivity index (χ1v) is 6.19. The first-order chi connectivity index (χ1) is 7.87. The lowest BCUT2D eigenvalue weighted by Crippen LogP contribution is -2.42. The Bertz CT molecular complexity index is 403. The molecule has 1 spiro atoms. The van der Waals surface area contributed by atoms with E-state index in [9.17, 15) is 9.59 Å². The van der Waals surface area contributed by atoms with E-state index in [1.54, 1.807) is 0 Å². The third kappa shape index (κ3) is 1.58. The van der Waals surface area contributed by atoms with Gasteiger partial charge in [-0.05, 0) is 13.3 Å². The molecule has 0 aromatic rings. The number of nitrogens with zero attached hydrogens (tertiary/aromatic N) is 1. The van der Waals surface area contributed by atoms with Gasteiger partial charge in [0.15, 0.2) is 6.54 Å². The van der Waals surface area contributed by atoms with Crippen molar-refractivity contribution in [1.29, 1.82) is 0 Å². The third-order valence-electron chi connectivity index (χ3n) is 3.82. The number of hydrogen-bond donors (Lipinski definition) is 0. The zero-order chi connectivity index (χ0) is 12.8. The average Bonchev–Trinajstić information content (AvgIpc) is 2.77. The van der Waals surface area contributed by atoms with E-state index in [4.69, 9.17) is 4.74 Å². The fourth-order valence-electron chi connectivity index (χ4n) is 2.85. The number of carbonyl (C=O) groups is 2. The highest BCUT2D eigenvalue weighted by molar-refractivity contribution is 6.06. The Hall–Kier alpha value is -1.00. The van der Waals surface area contributed by atoms with E-state index in [1.807, 2.05) is 13.8 Å². The number of hydrogen-bond acceptors (Lipinski definition) is 3. The summed E-state index contributed by atoms with van der Waals surface area (Å²) in [5, 5.41) is 0.